The van der Waals surface area contributed by atoms with E-state index in [0.29, 0.717) is 0 Å². The number of hydrogen-bond acceptors (Lipinski definition) is 4. The lowest BCUT2D eigenvalue weighted by atomic mass is 9.87. The van der Waals surface area contributed by atoms with Gasteiger partial charge in [0.2, 0.25) is 5.78 Å². The first-order chi connectivity index (χ1) is 9.42. The highest BCUT2D eigenvalue weighted by atomic mass is 16.5. The molecule has 2 atom stereocenters. The van der Waals surface area contributed by atoms with E-state index >= 15 is 0 Å². The van der Waals surface area contributed by atoms with Crippen molar-refractivity contribution in [2.45, 2.75) is 25.9 Å². The minimum atomic E-state index is -1.25. The SMILES string of the molecule is COC(=O)C1(C)C(C)C(=O)C(=O)N1Cc1ccccc1. The number of Topliss-reactive ketones (excluding diaryl/α,β-unsaturated/α-hetero) is 1. The van der Waals surface area contributed by atoms with Crippen LogP contribution in [0, 0.1) is 5.92 Å². The van der Waals surface area contributed by atoms with Gasteiger partial charge in [0.1, 0.15) is 5.54 Å². The van der Waals surface area contributed by atoms with Crippen LogP contribution in [0.1, 0.15) is 19.4 Å². The van der Waals surface area contributed by atoms with Gasteiger partial charge < -0.3 is 9.64 Å². The summed E-state index contributed by atoms with van der Waals surface area (Å²) in [5.41, 5.74) is -0.392. The van der Waals surface area contributed by atoms with Crippen LogP contribution in [0.2, 0.25) is 0 Å². The third kappa shape index (κ3) is 1.99. The molecule has 1 aliphatic heterocycles. The number of rotatable bonds is 3. The molecule has 20 heavy (non-hydrogen) atoms. The molecular weight excluding hydrogens is 258 g/mol. The van der Waals surface area contributed by atoms with Gasteiger partial charge in [0, 0.05) is 6.54 Å². The number of ether oxygens (including phenoxy) is 1. The molecule has 2 rings (SSSR count). The second-order valence-corrected chi connectivity index (χ2v) is 5.10. The van der Waals surface area contributed by atoms with Crippen LogP contribution < -0.4 is 0 Å². The maximum absolute atomic E-state index is 12.1. The van der Waals surface area contributed by atoms with E-state index in [1.807, 2.05) is 30.3 Å². The average Bonchev–Trinajstić information content (AvgIpc) is 2.64. The fourth-order valence-corrected chi connectivity index (χ4v) is 2.51. The van der Waals surface area contributed by atoms with E-state index in [-0.39, 0.29) is 6.54 Å². The Balaban J connectivity index is 2.40. The minimum Gasteiger partial charge on any atom is -0.467 e. The number of hydrogen-bond donors (Lipinski definition) is 0. The largest absolute Gasteiger partial charge is 0.467 e. The Kier molecular flexibility index (Phi) is 3.61. The van der Waals surface area contributed by atoms with Gasteiger partial charge in [-0.2, -0.15) is 0 Å². The standard InChI is InChI=1S/C15H17NO4/c1-10-12(17)13(18)16(15(10,2)14(19)20-3)9-11-7-5-4-6-8-11/h4-8,10H,9H2,1-3H3. The summed E-state index contributed by atoms with van der Waals surface area (Å²) in [7, 11) is 1.26. The van der Waals surface area contributed by atoms with Crippen LogP contribution >= 0.6 is 0 Å². The minimum absolute atomic E-state index is 0.210. The number of amides is 1. The monoisotopic (exact) mass is 275 g/mol. The molecule has 1 aromatic carbocycles. The van der Waals surface area contributed by atoms with E-state index in [1.54, 1.807) is 13.8 Å². The van der Waals surface area contributed by atoms with Crippen molar-refractivity contribution in [1.82, 2.24) is 4.90 Å². The average molecular weight is 275 g/mol. The van der Waals surface area contributed by atoms with E-state index in [0.717, 1.165) is 5.56 Å². The molecule has 0 saturated carbocycles. The van der Waals surface area contributed by atoms with Crippen molar-refractivity contribution >= 4 is 17.7 Å². The first-order valence-electron chi connectivity index (χ1n) is 6.41. The second kappa shape index (κ2) is 5.07. The Bertz CT molecular complexity index is 554. The van der Waals surface area contributed by atoms with Gasteiger partial charge in [0.25, 0.3) is 5.91 Å². The third-order valence-corrected chi connectivity index (χ3v) is 4.04. The topological polar surface area (TPSA) is 63.7 Å². The molecule has 0 aromatic heterocycles. The van der Waals surface area contributed by atoms with Gasteiger partial charge in [-0.3, -0.25) is 9.59 Å². The number of likely N-dealkylation sites (tertiary alicyclic amines) is 1. The number of carbonyl (C=O) groups excluding carboxylic acids is 3. The van der Waals surface area contributed by atoms with E-state index in [9.17, 15) is 14.4 Å². The molecule has 5 nitrogen and oxygen atoms in total. The van der Waals surface area contributed by atoms with Crippen molar-refractivity contribution in [1.29, 1.82) is 0 Å². The van der Waals surface area contributed by atoms with Gasteiger partial charge in [-0.15, -0.1) is 0 Å². The number of esters is 1. The maximum atomic E-state index is 12.1. The van der Waals surface area contributed by atoms with Crippen LogP contribution in [0.5, 0.6) is 0 Å². The normalized spacial score (nSPS) is 25.9. The van der Waals surface area contributed by atoms with Crippen molar-refractivity contribution in [2.24, 2.45) is 5.92 Å². The number of carbonyl (C=O) groups is 3. The Labute approximate surface area is 117 Å². The first-order valence-corrected chi connectivity index (χ1v) is 6.41. The van der Waals surface area contributed by atoms with Crippen molar-refractivity contribution in [3.8, 4) is 0 Å². The number of ketones is 1. The van der Waals surface area contributed by atoms with Gasteiger partial charge in [0.15, 0.2) is 0 Å². The predicted octanol–water partition coefficient (Wildman–Crippen LogP) is 1.17. The zero-order chi connectivity index (χ0) is 14.9. The summed E-state index contributed by atoms with van der Waals surface area (Å²) in [6, 6.07) is 9.24. The summed E-state index contributed by atoms with van der Waals surface area (Å²) >= 11 is 0. The first kappa shape index (κ1) is 14.2. The van der Waals surface area contributed by atoms with E-state index in [2.05, 4.69) is 0 Å². The molecule has 1 fully saturated rings. The summed E-state index contributed by atoms with van der Waals surface area (Å²) in [4.78, 5) is 37.4. The molecule has 5 heteroatoms. The summed E-state index contributed by atoms with van der Waals surface area (Å²) in [5, 5.41) is 0. The van der Waals surface area contributed by atoms with Crippen LogP contribution in [0.15, 0.2) is 30.3 Å². The molecule has 0 spiro atoms. The molecule has 1 amide bonds. The summed E-state index contributed by atoms with van der Waals surface area (Å²) in [6.45, 7) is 3.37. The van der Waals surface area contributed by atoms with E-state index < -0.39 is 29.1 Å². The Morgan fingerprint density at radius 2 is 1.90 bits per heavy atom. The predicted molar refractivity (Wildman–Crippen MR) is 71.6 cm³/mol. The summed E-state index contributed by atoms with van der Waals surface area (Å²) < 4.78 is 4.79. The van der Waals surface area contributed by atoms with E-state index in [1.165, 1.54) is 12.0 Å². The molecule has 106 valence electrons. The lowest BCUT2D eigenvalue weighted by molar-refractivity contribution is -0.158. The molecule has 1 aromatic rings. The quantitative estimate of drug-likeness (QED) is 0.613. The van der Waals surface area contributed by atoms with Gasteiger partial charge in [-0.05, 0) is 12.5 Å². The van der Waals surface area contributed by atoms with Crippen molar-refractivity contribution < 1.29 is 19.1 Å². The molecule has 0 bridgehead atoms. The van der Waals surface area contributed by atoms with Gasteiger partial charge >= 0.3 is 5.97 Å². The van der Waals surface area contributed by atoms with Crippen LogP contribution in [0.3, 0.4) is 0 Å². The van der Waals surface area contributed by atoms with Crippen molar-refractivity contribution in [3.63, 3.8) is 0 Å². The van der Waals surface area contributed by atoms with Crippen LogP contribution in [-0.2, 0) is 25.7 Å². The highest BCUT2D eigenvalue weighted by molar-refractivity contribution is 6.40. The summed E-state index contributed by atoms with van der Waals surface area (Å²) in [5.74, 6) is -2.46. The molecule has 0 aliphatic carbocycles. The molecule has 2 unspecified atom stereocenters. The lowest BCUT2D eigenvalue weighted by Crippen LogP contribution is -2.52. The fourth-order valence-electron chi connectivity index (χ4n) is 2.51. The Morgan fingerprint density at radius 3 is 2.45 bits per heavy atom. The molecular formula is C15H17NO4. The van der Waals surface area contributed by atoms with Crippen LogP contribution in [0.4, 0.5) is 0 Å². The zero-order valence-electron chi connectivity index (χ0n) is 11.8. The maximum Gasteiger partial charge on any atom is 0.332 e. The second-order valence-electron chi connectivity index (χ2n) is 5.10. The molecule has 0 radical (unpaired) electrons. The highest BCUT2D eigenvalue weighted by Crippen LogP contribution is 2.35. The van der Waals surface area contributed by atoms with Gasteiger partial charge in [-0.1, -0.05) is 37.3 Å². The summed E-state index contributed by atoms with van der Waals surface area (Å²) in [6.07, 6.45) is 0. The number of nitrogens with zero attached hydrogens (tertiary/aromatic N) is 1. The molecule has 1 saturated heterocycles. The van der Waals surface area contributed by atoms with Crippen molar-refractivity contribution in [3.05, 3.63) is 35.9 Å². The number of methoxy groups -OCH3 is 1. The number of benzene rings is 1. The zero-order valence-corrected chi connectivity index (χ0v) is 11.8. The Morgan fingerprint density at radius 1 is 1.30 bits per heavy atom. The highest BCUT2D eigenvalue weighted by Gasteiger charge is 2.58. The van der Waals surface area contributed by atoms with Crippen molar-refractivity contribution in [2.75, 3.05) is 7.11 Å². The van der Waals surface area contributed by atoms with Crippen LogP contribution in [-0.4, -0.2) is 35.2 Å². The lowest BCUT2D eigenvalue weighted by Gasteiger charge is -2.34. The van der Waals surface area contributed by atoms with Gasteiger partial charge in [-0.25, -0.2) is 4.79 Å². The Hall–Kier alpha value is -2.17. The third-order valence-electron chi connectivity index (χ3n) is 4.04. The van der Waals surface area contributed by atoms with E-state index in [4.69, 9.17) is 4.74 Å². The molecule has 1 heterocycles. The molecule has 1 aliphatic rings. The van der Waals surface area contributed by atoms with Gasteiger partial charge in [0.05, 0.1) is 13.0 Å². The fraction of sp³-hybridized carbons (Fsp3) is 0.400. The smallest absolute Gasteiger partial charge is 0.332 e. The van der Waals surface area contributed by atoms with Crippen LogP contribution in [0.25, 0.3) is 0 Å². The molecule has 0 N–H and O–H groups in total.